The average Bonchev–Trinajstić information content (AvgIpc) is 2.80. The summed E-state index contributed by atoms with van der Waals surface area (Å²) in [6, 6.07) is 0. The van der Waals surface area contributed by atoms with Crippen molar-refractivity contribution in [3.8, 4) is 0 Å². The van der Waals surface area contributed by atoms with Gasteiger partial charge in [-0.3, -0.25) is 0 Å². The Kier molecular flexibility index (Phi) is 8.96. The summed E-state index contributed by atoms with van der Waals surface area (Å²) < 4.78 is 3.17. The Morgan fingerprint density at radius 1 is 1.05 bits per heavy atom. The Morgan fingerprint density at radius 2 is 1.57 bits per heavy atom. The monoisotopic (exact) mass is 376 g/mol. The van der Waals surface area contributed by atoms with Crippen molar-refractivity contribution in [3.63, 3.8) is 0 Å². The summed E-state index contributed by atoms with van der Waals surface area (Å²) in [6.45, 7) is 6.87. The Balaban J connectivity index is 2.67. The van der Waals surface area contributed by atoms with Crippen LogP contribution in [0.4, 0.5) is 0 Å². The third-order valence-electron chi connectivity index (χ3n) is 4.39. The first kappa shape index (κ1) is 19.0. The van der Waals surface area contributed by atoms with E-state index in [-0.39, 0.29) is 5.54 Å². The number of aromatic nitrogens is 2. The van der Waals surface area contributed by atoms with Crippen LogP contribution in [0.5, 0.6) is 0 Å². The molecule has 1 aromatic heterocycles. The van der Waals surface area contributed by atoms with Gasteiger partial charge in [-0.25, -0.2) is 4.98 Å². The molecular formula is C17H30BrClN2. The van der Waals surface area contributed by atoms with Crippen LogP contribution >= 0.6 is 27.5 Å². The maximum Gasteiger partial charge on any atom is 0.161 e. The molecule has 2 nitrogen and oxygen atoms in total. The van der Waals surface area contributed by atoms with Gasteiger partial charge in [0.15, 0.2) is 5.15 Å². The lowest BCUT2D eigenvalue weighted by atomic mass is 9.88. The van der Waals surface area contributed by atoms with E-state index in [9.17, 15) is 0 Å². The number of halogens is 2. The summed E-state index contributed by atoms with van der Waals surface area (Å²) in [4.78, 5) is 4.25. The molecule has 1 atom stereocenters. The van der Waals surface area contributed by atoms with Gasteiger partial charge < -0.3 is 4.57 Å². The molecule has 0 saturated carbocycles. The van der Waals surface area contributed by atoms with Gasteiger partial charge in [-0.05, 0) is 35.7 Å². The Labute approximate surface area is 143 Å². The van der Waals surface area contributed by atoms with E-state index >= 15 is 0 Å². The van der Waals surface area contributed by atoms with Crippen LogP contribution in [0.2, 0.25) is 5.15 Å². The molecule has 4 heteroatoms. The largest absolute Gasteiger partial charge is 0.318 e. The first-order valence-electron chi connectivity index (χ1n) is 8.44. The van der Waals surface area contributed by atoms with Gasteiger partial charge in [-0.1, -0.05) is 76.8 Å². The van der Waals surface area contributed by atoms with Gasteiger partial charge in [0, 0.05) is 5.54 Å². The molecule has 0 aromatic carbocycles. The summed E-state index contributed by atoms with van der Waals surface area (Å²) in [5.74, 6) is 0. The summed E-state index contributed by atoms with van der Waals surface area (Å²) in [5.41, 5.74) is 0.125. The molecule has 0 fully saturated rings. The van der Waals surface area contributed by atoms with Crippen LogP contribution in [-0.2, 0) is 5.54 Å². The standard InChI is InChI=1S/C17H30BrClN2/c1-4-6-8-9-11-13-17(3,12-10-7-5-2)21-14-20-16(19)15(21)18/h14H,4-13H2,1-3H3. The van der Waals surface area contributed by atoms with Gasteiger partial charge in [0.25, 0.3) is 0 Å². The molecule has 21 heavy (non-hydrogen) atoms. The third kappa shape index (κ3) is 5.94. The molecule has 0 aliphatic carbocycles. The number of hydrogen-bond donors (Lipinski definition) is 0. The van der Waals surface area contributed by atoms with E-state index in [1.54, 1.807) is 0 Å². The number of imidazole rings is 1. The van der Waals surface area contributed by atoms with Crippen molar-refractivity contribution >= 4 is 27.5 Å². The first-order valence-corrected chi connectivity index (χ1v) is 9.61. The average molecular weight is 378 g/mol. The fraction of sp³-hybridized carbons (Fsp3) is 0.824. The molecule has 0 saturated heterocycles. The first-order chi connectivity index (χ1) is 10.0. The molecule has 0 aliphatic rings. The van der Waals surface area contributed by atoms with Gasteiger partial charge in [-0.2, -0.15) is 0 Å². The van der Waals surface area contributed by atoms with Crippen molar-refractivity contribution in [1.29, 1.82) is 0 Å². The van der Waals surface area contributed by atoms with Gasteiger partial charge in [-0.15, -0.1) is 0 Å². The molecule has 0 amide bonds. The topological polar surface area (TPSA) is 17.8 Å². The molecule has 0 bridgehead atoms. The molecule has 122 valence electrons. The predicted octanol–water partition coefficient (Wildman–Crippen LogP) is 6.96. The van der Waals surface area contributed by atoms with Crippen molar-refractivity contribution in [3.05, 3.63) is 16.1 Å². The molecule has 1 heterocycles. The van der Waals surface area contributed by atoms with Crippen molar-refractivity contribution in [1.82, 2.24) is 9.55 Å². The molecular weight excluding hydrogens is 348 g/mol. The maximum atomic E-state index is 6.12. The SMILES string of the molecule is CCCCCCCC(C)(CCCCC)n1cnc(Cl)c1Br. The maximum absolute atomic E-state index is 6.12. The summed E-state index contributed by atoms with van der Waals surface area (Å²) in [6.07, 6.45) is 14.7. The van der Waals surface area contributed by atoms with Crippen LogP contribution < -0.4 is 0 Å². The molecule has 1 rings (SSSR count). The molecule has 1 aromatic rings. The third-order valence-corrected chi connectivity index (χ3v) is 5.65. The minimum Gasteiger partial charge on any atom is -0.318 e. The van der Waals surface area contributed by atoms with E-state index in [0.29, 0.717) is 5.15 Å². The van der Waals surface area contributed by atoms with E-state index in [2.05, 4.69) is 46.3 Å². The summed E-state index contributed by atoms with van der Waals surface area (Å²) in [5, 5.41) is 0.572. The lowest BCUT2D eigenvalue weighted by Crippen LogP contribution is -2.30. The smallest absolute Gasteiger partial charge is 0.161 e. The molecule has 1 unspecified atom stereocenters. The normalized spacial score (nSPS) is 14.3. The zero-order chi connectivity index (χ0) is 15.7. The van der Waals surface area contributed by atoms with Gasteiger partial charge in [0.2, 0.25) is 0 Å². The zero-order valence-electron chi connectivity index (χ0n) is 13.8. The molecule has 0 N–H and O–H groups in total. The number of hydrogen-bond acceptors (Lipinski definition) is 1. The second kappa shape index (κ2) is 9.89. The lowest BCUT2D eigenvalue weighted by molar-refractivity contribution is 0.247. The number of unbranched alkanes of at least 4 members (excludes halogenated alkanes) is 6. The fourth-order valence-corrected chi connectivity index (χ4v) is 3.68. The van der Waals surface area contributed by atoms with Crippen LogP contribution in [0, 0.1) is 0 Å². The van der Waals surface area contributed by atoms with Gasteiger partial charge >= 0.3 is 0 Å². The van der Waals surface area contributed by atoms with Crippen LogP contribution in [0.25, 0.3) is 0 Å². The summed E-state index contributed by atoms with van der Waals surface area (Å²) in [7, 11) is 0. The predicted molar refractivity (Wildman–Crippen MR) is 96.1 cm³/mol. The Bertz CT molecular complexity index is 405. The minimum absolute atomic E-state index is 0.125. The Hall–Kier alpha value is -0.0200. The van der Waals surface area contributed by atoms with Crippen LogP contribution in [0.1, 0.15) is 85.0 Å². The van der Waals surface area contributed by atoms with E-state index in [1.807, 2.05) is 6.33 Å². The number of rotatable bonds is 11. The summed E-state index contributed by atoms with van der Waals surface area (Å²) >= 11 is 9.72. The second-order valence-electron chi connectivity index (χ2n) is 6.31. The minimum atomic E-state index is 0.125. The van der Waals surface area contributed by atoms with Gasteiger partial charge in [0.05, 0.1) is 6.33 Å². The van der Waals surface area contributed by atoms with Crippen molar-refractivity contribution < 1.29 is 0 Å². The van der Waals surface area contributed by atoms with Crippen molar-refractivity contribution in [2.24, 2.45) is 0 Å². The zero-order valence-corrected chi connectivity index (χ0v) is 16.1. The van der Waals surface area contributed by atoms with Gasteiger partial charge in [0.1, 0.15) is 4.60 Å². The van der Waals surface area contributed by atoms with E-state index in [4.69, 9.17) is 11.6 Å². The molecule has 0 radical (unpaired) electrons. The van der Waals surface area contributed by atoms with E-state index in [0.717, 1.165) is 4.60 Å². The lowest BCUT2D eigenvalue weighted by Gasteiger charge is -2.32. The highest BCUT2D eigenvalue weighted by atomic mass is 79.9. The van der Waals surface area contributed by atoms with Crippen molar-refractivity contribution in [2.45, 2.75) is 90.5 Å². The fourth-order valence-electron chi connectivity index (χ4n) is 2.92. The highest BCUT2D eigenvalue weighted by molar-refractivity contribution is 9.10. The van der Waals surface area contributed by atoms with E-state index in [1.165, 1.54) is 64.2 Å². The second-order valence-corrected chi connectivity index (χ2v) is 7.42. The molecule has 0 aliphatic heterocycles. The highest BCUT2D eigenvalue weighted by Crippen LogP contribution is 2.35. The van der Waals surface area contributed by atoms with Crippen LogP contribution in [0.3, 0.4) is 0 Å². The number of nitrogens with zero attached hydrogens (tertiary/aromatic N) is 2. The van der Waals surface area contributed by atoms with Crippen LogP contribution in [0.15, 0.2) is 10.9 Å². The quantitative estimate of drug-likeness (QED) is 0.381. The van der Waals surface area contributed by atoms with Crippen molar-refractivity contribution in [2.75, 3.05) is 0 Å². The van der Waals surface area contributed by atoms with Crippen LogP contribution in [-0.4, -0.2) is 9.55 Å². The Morgan fingerprint density at radius 3 is 2.10 bits per heavy atom. The van der Waals surface area contributed by atoms with E-state index < -0.39 is 0 Å². The molecule has 0 spiro atoms. The highest BCUT2D eigenvalue weighted by Gasteiger charge is 2.28.